The average molecular weight is 299 g/mol. The van der Waals surface area contributed by atoms with Crippen LogP contribution in [0.4, 0.5) is 10.9 Å². The number of nitrogens with one attached hydrogen (secondary N) is 1. The van der Waals surface area contributed by atoms with E-state index < -0.39 is 0 Å². The number of nitrogens with zero attached hydrogens (tertiary/aromatic N) is 7. The number of aromatic nitrogens is 7. The van der Waals surface area contributed by atoms with Gasteiger partial charge in [-0.15, -0.1) is 10.2 Å². The largest absolute Gasteiger partial charge is 0.323 e. The first-order valence-corrected chi connectivity index (χ1v) is 6.84. The van der Waals surface area contributed by atoms with Crippen LogP contribution in [-0.2, 0) is 0 Å². The highest BCUT2D eigenvalue weighted by Gasteiger charge is 2.12. The summed E-state index contributed by atoms with van der Waals surface area (Å²) in [5, 5.41) is 15.4. The highest BCUT2D eigenvalue weighted by Crippen LogP contribution is 2.24. The zero-order valence-electron chi connectivity index (χ0n) is 10.6. The van der Waals surface area contributed by atoms with E-state index in [0.717, 1.165) is 11.3 Å². The number of fused-ring (bicyclic) bond motifs is 1. The lowest BCUT2D eigenvalue weighted by Crippen LogP contribution is -2.07. The SMILES string of the molecule is Nn1cc(-c2cnc3c(Nc4nncs4)nccn23)cn1. The van der Waals surface area contributed by atoms with E-state index in [2.05, 4.69) is 30.6 Å². The first-order valence-electron chi connectivity index (χ1n) is 5.96. The summed E-state index contributed by atoms with van der Waals surface area (Å²) in [6.45, 7) is 0. The van der Waals surface area contributed by atoms with Crippen molar-refractivity contribution >= 4 is 27.9 Å². The maximum atomic E-state index is 5.59. The van der Waals surface area contributed by atoms with E-state index >= 15 is 0 Å². The number of hydrogen-bond donors (Lipinski definition) is 2. The predicted molar refractivity (Wildman–Crippen MR) is 77.6 cm³/mol. The quantitative estimate of drug-likeness (QED) is 0.540. The second kappa shape index (κ2) is 4.52. The van der Waals surface area contributed by atoms with E-state index in [4.69, 9.17) is 5.84 Å². The Morgan fingerprint density at radius 2 is 2.19 bits per heavy atom. The molecule has 104 valence electrons. The molecule has 0 fully saturated rings. The third-order valence-electron chi connectivity index (χ3n) is 2.91. The van der Waals surface area contributed by atoms with Gasteiger partial charge >= 0.3 is 0 Å². The molecule has 4 heterocycles. The van der Waals surface area contributed by atoms with Crippen LogP contribution in [-0.4, -0.2) is 34.5 Å². The second-order valence-electron chi connectivity index (χ2n) is 4.19. The topological polar surface area (TPSA) is 112 Å². The molecule has 0 saturated heterocycles. The van der Waals surface area contributed by atoms with Gasteiger partial charge in [-0.1, -0.05) is 11.3 Å². The van der Waals surface area contributed by atoms with Crippen molar-refractivity contribution in [1.82, 2.24) is 34.5 Å². The Labute approximate surface area is 122 Å². The van der Waals surface area contributed by atoms with E-state index in [1.54, 1.807) is 30.3 Å². The second-order valence-corrected chi connectivity index (χ2v) is 5.02. The Bertz CT molecular complexity index is 892. The molecule has 0 unspecified atom stereocenters. The molecule has 0 saturated carbocycles. The summed E-state index contributed by atoms with van der Waals surface area (Å²) < 4.78 is 1.91. The summed E-state index contributed by atoms with van der Waals surface area (Å²) in [5.41, 5.74) is 4.09. The van der Waals surface area contributed by atoms with Gasteiger partial charge in [0.05, 0.1) is 24.3 Å². The fourth-order valence-electron chi connectivity index (χ4n) is 2.02. The molecule has 0 amide bonds. The minimum atomic E-state index is 0.612. The monoisotopic (exact) mass is 299 g/mol. The maximum absolute atomic E-state index is 5.59. The van der Waals surface area contributed by atoms with Gasteiger partial charge in [-0.25, -0.2) is 9.97 Å². The molecule has 0 aliphatic carbocycles. The van der Waals surface area contributed by atoms with Crippen molar-refractivity contribution in [2.45, 2.75) is 0 Å². The number of hydrogen-bond acceptors (Lipinski definition) is 8. The van der Waals surface area contributed by atoms with E-state index in [0.29, 0.717) is 16.6 Å². The van der Waals surface area contributed by atoms with Crippen LogP contribution in [0.5, 0.6) is 0 Å². The molecule has 4 rings (SSSR count). The number of imidazole rings is 1. The molecule has 10 heteroatoms. The van der Waals surface area contributed by atoms with Crippen LogP contribution in [0.1, 0.15) is 0 Å². The van der Waals surface area contributed by atoms with Crippen LogP contribution in [0, 0.1) is 0 Å². The van der Waals surface area contributed by atoms with Gasteiger partial charge in [-0.2, -0.15) is 9.89 Å². The number of rotatable bonds is 3. The van der Waals surface area contributed by atoms with Crippen molar-refractivity contribution < 1.29 is 0 Å². The molecule has 21 heavy (non-hydrogen) atoms. The van der Waals surface area contributed by atoms with Crippen molar-refractivity contribution in [3.8, 4) is 11.3 Å². The summed E-state index contributed by atoms with van der Waals surface area (Å²) in [7, 11) is 0. The standard InChI is InChI=1S/C11H9N9S/c12-20-5-7(3-16-20)8-4-14-10-9(13-1-2-19(8)10)17-11-18-15-6-21-11/h1-6H,12H2,(H,13,17,18). The minimum Gasteiger partial charge on any atom is -0.323 e. The minimum absolute atomic E-state index is 0.612. The first-order chi connectivity index (χ1) is 10.3. The summed E-state index contributed by atoms with van der Waals surface area (Å²) in [5.74, 6) is 6.20. The summed E-state index contributed by atoms with van der Waals surface area (Å²) in [6, 6.07) is 0. The van der Waals surface area contributed by atoms with E-state index in [9.17, 15) is 0 Å². The zero-order chi connectivity index (χ0) is 14.2. The zero-order valence-corrected chi connectivity index (χ0v) is 11.4. The molecule has 4 aromatic heterocycles. The van der Waals surface area contributed by atoms with Crippen molar-refractivity contribution in [2.75, 3.05) is 11.2 Å². The van der Waals surface area contributed by atoms with Gasteiger partial charge in [0.2, 0.25) is 5.13 Å². The Kier molecular flexibility index (Phi) is 2.54. The fourth-order valence-corrected chi connectivity index (χ4v) is 2.46. The van der Waals surface area contributed by atoms with Gasteiger partial charge in [-0.05, 0) is 0 Å². The normalized spacial score (nSPS) is 11.0. The lowest BCUT2D eigenvalue weighted by Gasteiger charge is -2.04. The average Bonchev–Trinajstić information content (AvgIpc) is 3.18. The van der Waals surface area contributed by atoms with E-state index in [1.165, 1.54) is 16.1 Å². The molecule has 4 aromatic rings. The lowest BCUT2D eigenvalue weighted by molar-refractivity contribution is 0.832. The molecule has 0 atom stereocenters. The molecule has 0 aliphatic rings. The van der Waals surface area contributed by atoms with Gasteiger partial charge in [0.1, 0.15) is 5.51 Å². The fraction of sp³-hybridized carbons (Fsp3) is 0. The van der Waals surface area contributed by atoms with Gasteiger partial charge in [0.25, 0.3) is 0 Å². The summed E-state index contributed by atoms with van der Waals surface area (Å²) in [6.07, 6.45) is 8.67. The number of nitrogens with two attached hydrogens (primary N) is 1. The molecule has 0 aromatic carbocycles. The van der Waals surface area contributed by atoms with E-state index in [-0.39, 0.29) is 0 Å². The summed E-state index contributed by atoms with van der Waals surface area (Å²) >= 11 is 1.39. The molecule has 9 nitrogen and oxygen atoms in total. The van der Waals surface area contributed by atoms with Crippen LogP contribution < -0.4 is 11.2 Å². The van der Waals surface area contributed by atoms with Crippen LogP contribution in [0.25, 0.3) is 16.9 Å². The molecule has 0 bridgehead atoms. The van der Waals surface area contributed by atoms with Crippen LogP contribution in [0.2, 0.25) is 0 Å². The molecule has 3 N–H and O–H groups in total. The van der Waals surface area contributed by atoms with Gasteiger partial charge in [0.15, 0.2) is 11.5 Å². The summed E-state index contributed by atoms with van der Waals surface area (Å²) in [4.78, 5) is 9.95. The predicted octanol–water partition coefficient (Wildman–Crippen LogP) is 0.902. The smallest absolute Gasteiger partial charge is 0.211 e. The van der Waals surface area contributed by atoms with E-state index in [1.807, 2.05) is 10.6 Å². The number of nitrogen functional groups attached to an aromatic ring is 1. The Balaban J connectivity index is 1.82. The van der Waals surface area contributed by atoms with Crippen LogP contribution in [0.15, 0.2) is 36.5 Å². The number of anilines is 2. The van der Waals surface area contributed by atoms with Crippen molar-refractivity contribution in [2.24, 2.45) is 0 Å². The Morgan fingerprint density at radius 3 is 2.95 bits per heavy atom. The van der Waals surface area contributed by atoms with Gasteiger partial charge in [0, 0.05) is 18.0 Å². The molecule has 0 spiro atoms. The highest BCUT2D eigenvalue weighted by atomic mass is 32.1. The first kappa shape index (κ1) is 11.8. The maximum Gasteiger partial charge on any atom is 0.211 e. The molecular formula is C11H9N9S. The van der Waals surface area contributed by atoms with Crippen molar-refractivity contribution in [3.05, 3.63) is 36.5 Å². The van der Waals surface area contributed by atoms with Crippen molar-refractivity contribution in [1.29, 1.82) is 0 Å². The Hall–Kier alpha value is -3.01. The van der Waals surface area contributed by atoms with Crippen LogP contribution >= 0.6 is 11.3 Å². The molecular weight excluding hydrogens is 290 g/mol. The van der Waals surface area contributed by atoms with Crippen LogP contribution in [0.3, 0.4) is 0 Å². The van der Waals surface area contributed by atoms with Gasteiger partial charge < -0.3 is 11.2 Å². The van der Waals surface area contributed by atoms with Gasteiger partial charge in [-0.3, -0.25) is 4.40 Å². The highest BCUT2D eigenvalue weighted by molar-refractivity contribution is 7.13. The Morgan fingerprint density at radius 1 is 1.24 bits per heavy atom. The third kappa shape index (κ3) is 1.97. The lowest BCUT2D eigenvalue weighted by atomic mass is 10.3. The molecule has 0 radical (unpaired) electrons. The third-order valence-corrected chi connectivity index (χ3v) is 3.52. The van der Waals surface area contributed by atoms with Crippen molar-refractivity contribution in [3.63, 3.8) is 0 Å². The molecule has 0 aliphatic heterocycles.